The number of imidazole rings is 1. The van der Waals surface area contributed by atoms with Crippen molar-refractivity contribution >= 4 is 11.3 Å². The zero-order valence-electron chi connectivity index (χ0n) is 13.6. The van der Waals surface area contributed by atoms with Crippen LogP contribution in [0.2, 0.25) is 0 Å². The minimum Gasteiger partial charge on any atom is -0.382 e. The summed E-state index contributed by atoms with van der Waals surface area (Å²) in [7, 11) is 0. The number of fused-ring (bicyclic) bond motifs is 2. The van der Waals surface area contributed by atoms with E-state index in [-0.39, 0.29) is 0 Å². The van der Waals surface area contributed by atoms with Gasteiger partial charge in [-0.3, -0.25) is 0 Å². The number of nitrogens with two attached hydrogens (primary N) is 1. The van der Waals surface area contributed by atoms with E-state index in [0.29, 0.717) is 11.7 Å². The first-order valence-electron chi connectivity index (χ1n) is 8.42. The summed E-state index contributed by atoms with van der Waals surface area (Å²) in [6.07, 6.45) is 3.46. The van der Waals surface area contributed by atoms with Crippen LogP contribution in [0.15, 0.2) is 60.9 Å². The summed E-state index contributed by atoms with van der Waals surface area (Å²) in [5.41, 5.74) is 11.6. The molecule has 0 radical (unpaired) electrons. The maximum Gasteiger partial charge on any atom is 0.153 e. The Kier molecular flexibility index (Phi) is 3.06. The van der Waals surface area contributed by atoms with Crippen molar-refractivity contribution in [1.29, 1.82) is 0 Å². The molecule has 4 aromatic rings. The third-order valence-electron chi connectivity index (χ3n) is 4.95. The van der Waals surface area contributed by atoms with E-state index in [1.165, 1.54) is 17.5 Å². The van der Waals surface area contributed by atoms with Crippen molar-refractivity contribution in [2.45, 2.75) is 18.8 Å². The first-order chi connectivity index (χ1) is 12.3. The Hall–Kier alpha value is -3.21. The van der Waals surface area contributed by atoms with E-state index in [4.69, 9.17) is 10.7 Å². The number of benzene rings is 2. The van der Waals surface area contributed by atoms with Gasteiger partial charge in [-0.25, -0.2) is 14.5 Å². The van der Waals surface area contributed by atoms with Crippen LogP contribution in [0.4, 0.5) is 5.82 Å². The van der Waals surface area contributed by atoms with E-state index >= 15 is 0 Å². The smallest absolute Gasteiger partial charge is 0.153 e. The van der Waals surface area contributed by atoms with E-state index < -0.39 is 0 Å². The van der Waals surface area contributed by atoms with Crippen LogP contribution in [-0.2, 0) is 12.8 Å². The summed E-state index contributed by atoms with van der Waals surface area (Å²) in [6.45, 7) is 0. The van der Waals surface area contributed by atoms with Gasteiger partial charge in [0.1, 0.15) is 23.4 Å². The van der Waals surface area contributed by atoms with Crippen LogP contribution in [-0.4, -0.2) is 19.6 Å². The number of anilines is 1. The minimum atomic E-state index is 0.302. The van der Waals surface area contributed by atoms with Gasteiger partial charge in [-0.2, -0.15) is 5.10 Å². The molecular formula is C20H17N5. The lowest BCUT2D eigenvalue weighted by molar-refractivity contribution is 0.653. The summed E-state index contributed by atoms with van der Waals surface area (Å²) >= 11 is 0. The molecule has 2 aromatic carbocycles. The van der Waals surface area contributed by atoms with Crippen LogP contribution >= 0.6 is 0 Å². The SMILES string of the molecule is Nc1ncnn2c(C3Cc4ccccc4C3)nc(-c3ccccc3)c12. The number of nitrogens with zero attached hydrogens (tertiary/aromatic N) is 4. The van der Waals surface area contributed by atoms with Gasteiger partial charge >= 0.3 is 0 Å². The lowest BCUT2D eigenvalue weighted by atomic mass is 10.1. The topological polar surface area (TPSA) is 69.1 Å². The van der Waals surface area contributed by atoms with Crippen LogP contribution in [0.25, 0.3) is 16.8 Å². The average Bonchev–Trinajstić information content (AvgIpc) is 3.24. The molecule has 0 saturated carbocycles. The maximum absolute atomic E-state index is 6.18. The highest BCUT2D eigenvalue weighted by atomic mass is 15.3. The third kappa shape index (κ3) is 2.20. The summed E-state index contributed by atoms with van der Waals surface area (Å²) in [5, 5.41) is 4.46. The lowest BCUT2D eigenvalue weighted by Crippen LogP contribution is -2.07. The molecule has 0 spiro atoms. The van der Waals surface area contributed by atoms with Gasteiger partial charge in [-0.15, -0.1) is 0 Å². The van der Waals surface area contributed by atoms with Crippen LogP contribution in [0.5, 0.6) is 0 Å². The molecule has 0 atom stereocenters. The fourth-order valence-electron chi connectivity index (χ4n) is 3.78. The number of nitrogen functional groups attached to an aromatic ring is 1. The molecule has 25 heavy (non-hydrogen) atoms. The first kappa shape index (κ1) is 14.2. The van der Waals surface area contributed by atoms with Crippen molar-refractivity contribution in [3.8, 4) is 11.3 Å². The largest absolute Gasteiger partial charge is 0.382 e. The number of rotatable bonds is 2. The Labute approximate surface area is 145 Å². The molecule has 2 N–H and O–H groups in total. The highest BCUT2D eigenvalue weighted by Crippen LogP contribution is 2.36. The van der Waals surface area contributed by atoms with Gasteiger partial charge in [0.15, 0.2) is 5.82 Å². The minimum absolute atomic E-state index is 0.302. The molecule has 0 bridgehead atoms. The number of aromatic nitrogens is 4. The van der Waals surface area contributed by atoms with Crippen LogP contribution in [0.1, 0.15) is 22.9 Å². The molecule has 2 heterocycles. The third-order valence-corrected chi connectivity index (χ3v) is 4.95. The highest BCUT2D eigenvalue weighted by Gasteiger charge is 2.28. The molecule has 0 aliphatic heterocycles. The van der Waals surface area contributed by atoms with Crippen LogP contribution in [0, 0.1) is 0 Å². The zero-order valence-corrected chi connectivity index (χ0v) is 13.6. The monoisotopic (exact) mass is 327 g/mol. The summed E-state index contributed by atoms with van der Waals surface area (Å²) in [4.78, 5) is 9.14. The Balaban J connectivity index is 1.69. The van der Waals surface area contributed by atoms with Crippen molar-refractivity contribution in [2.24, 2.45) is 0 Å². The van der Waals surface area contributed by atoms with Gasteiger partial charge in [0, 0.05) is 11.5 Å². The van der Waals surface area contributed by atoms with Crippen molar-refractivity contribution in [2.75, 3.05) is 5.73 Å². The van der Waals surface area contributed by atoms with Crippen LogP contribution < -0.4 is 5.73 Å². The van der Waals surface area contributed by atoms with E-state index in [9.17, 15) is 0 Å². The molecule has 0 fully saturated rings. The molecule has 5 rings (SSSR count). The molecule has 0 saturated heterocycles. The molecule has 0 amide bonds. The normalized spacial score (nSPS) is 14.1. The van der Waals surface area contributed by atoms with E-state index in [0.717, 1.165) is 35.4 Å². The second kappa shape index (κ2) is 5.41. The second-order valence-corrected chi connectivity index (χ2v) is 6.46. The molecule has 1 aliphatic carbocycles. The predicted octanol–water partition coefficient (Wildman–Crippen LogP) is 3.26. The Morgan fingerprint density at radius 2 is 1.60 bits per heavy atom. The molecule has 2 aromatic heterocycles. The van der Waals surface area contributed by atoms with Gasteiger partial charge in [-0.05, 0) is 24.0 Å². The molecular weight excluding hydrogens is 310 g/mol. The summed E-state index contributed by atoms with van der Waals surface area (Å²) < 4.78 is 1.88. The van der Waals surface area contributed by atoms with Gasteiger partial charge in [0.05, 0.1) is 0 Å². The molecule has 1 aliphatic rings. The van der Waals surface area contributed by atoms with Crippen LogP contribution in [0.3, 0.4) is 0 Å². The number of hydrogen-bond donors (Lipinski definition) is 1. The van der Waals surface area contributed by atoms with Gasteiger partial charge in [0.25, 0.3) is 0 Å². The molecule has 0 unspecified atom stereocenters. The van der Waals surface area contributed by atoms with E-state index in [1.807, 2.05) is 34.8 Å². The van der Waals surface area contributed by atoms with Crippen molar-refractivity contribution in [3.05, 3.63) is 77.9 Å². The van der Waals surface area contributed by atoms with Crippen molar-refractivity contribution in [3.63, 3.8) is 0 Å². The Bertz CT molecular complexity index is 1040. The van der Waals surface area contributed by atoms with Crippen molar-refractivity contribution < 1.29 is 0 Å². The zero-order chi connectivity index (χ0) is 16.8. The highest BCUT2D eigenvalue weighted by molar-refractivity contribution is 5.84. The summed E-state index contributed by atoms with van der Waals surface area (Å²) in [5.74, 6) is 1.72. The maximum atomic E-state index is 6.18. The lowest BCUT2D eigenvalue weighted by Gasteiger charge is -2.07. The van der Waals surface area contributed by atoms with Gasteiger partial charge in [0.2, 0.25) is 0 Å². The van der Waals surface area contributed by atoms with Gasteiger partial charge < -0.3 is 5.73 Å². The number of hydrogen-bond acceptors (Lipinski definition) is 4. The van der Waals surface area contributed by atoms with Crippen molar-refractivity contribution in [1.82, 2.24) is 19.6 Å². The Morgan fingerprint density at radius 3 is 2.32 bits per heavy atom. The second-order valence-electron chi connectivity index (χ2n) is 6.46. The quantitative estimate of drug-likeness (QED) is 0.613. The molecule has 5 nitrogen and oxygen atoms in total. The Morgan fingerprint density at radius 1 is 0.920 bits per heavy atom. The first-order valence-corrected chi connectivity index (χ1v) is 8.42. The van der Waals surface area contributed by atoms with Gasteiger partial charge in [-0.1, -0.05) is 54.6 Å². The van der Waals surface area contributed by atoms with E-state index in [1.54, 1.807) is 0 Å². The molecule has 5 heteroatoms. The standard InChI is InChI=1S/C20H17N5/c21-19-18-17(13-6-2-1-3-7-13)24-20(25(18)23-12-22-19)16-10-14-8-4-5-9-15(14)11-16/h1-9,12,16H,10-11H2,(H2,21,22,23). The summed E-state index contributed by atoms with van der Waals surface area (Å²) in [6, 6.07) is 18.7. The van der Waals surface area contributed by atoms with E-state index in [2.05, 4.69) is 34.3 Å². The fourth-order valence-corrected chi connectivity index (χ4v) is 3.78. The average molecular weight is 327 g/mol. The fraction of sp³-hybridized carbons (Fsp3) is 0.150. The predicted molar refractivity (Wildman–Crippen MR) is 97.2 cm³/mol. The molecule has 122 valence electrons.